The highest BCUT2D eigenvalue weighted by molar-refractivity contribution is 5.91. The van der Waals surface area contributed by atoms with Crippen molar-refractivity contribution >= 4 is 16.6 Å². The van der Waals surface area contributed by atoms with Gasteiger partial charge in [-0.1, -0.05) is 6.07 Å². The SMILES string of the molecule is CN(C)C(CNc1ccnc2cc(C(F)(F)F)ccc12)c1cnn(C)c1. The largest absolute Gasteiger partial charge is 0.416 e. The first-order valence-corrected chi connectivity index (χ1v) is 8.10. The van der Waals surface area contributed by atoms with E-state index in [0.29, 0.717) is 17.4 Å². The van der Waals surface area contributed by atoms with Crippen LogP contribution in [-0.4, -0.2) is 40.3 Å². The van der Waals surface area contributed by atoms with Crippen LogP contribution in [0.5, 0.6) is 0 Å². The number of nitrogens with one attached hydrogen (secondary N) is 1. The number of rotatable bonds is 5. The van der Waals surface area contributed by atoms with Crippen LogP contribution in [0.2, 0.25) is 0 Å². The molecule has 3 rings (SSSR count). The minimum Gasteiger partial charge on any atom is -0.383 e. The van der Waals surface area contributed by atoms with E-state index in [2.05, 4.69) is 20.3 Å². The molecule has 0 aliphatic rings. The molecule has 1 unspecified atom stereocenters. The molecule has 0 radical (unpaired) electrons. The first-order valence-electron chi connectivity index (χ1n) is 8.10. The molecule has 138 valence electrons. The maximum Gasteiger partial charge on any atom is 0.416 e. The predicted molar refractivity (Wildman–Crippen MR) is 94.9 cm³/mol. The minimum atomic E-state index is -4.38. The zero-order chi connectivity index (χ0) is 18.9. The van der Waals surface area contributed by atoms with Crippen molar-refractivity contribution in [2.24, 2.45) is 7.05 Å². The van der Waals surface area contributed by atoms with Gasteiger partial charge in [0.25, 0.3) is 0 Å². The summed E-state index contributed by atoms with van der Waals surface area (Å²) in [4.78, 5) is 6.14. The summed E-state index contributed by atoms with van der Waals surface area (Å²) in [6, 6.07) is 5.46. The van der Waals surface area contributed by atoms with Crippen LogP contribution in [0.25, 0.3) is 10.9 Å². The number of benzene rings is 1. The number of pyridine rings is 1. The lowest BCUT2D eigenvalue weighted by molar-refractivity contribution is -0.137. The van der Waals surface area contributed by atoms with E-state index in [1.165, 1.54) is 12.3 Å². The number of hydrogen-bond acceptors (Lipinski definition) is 4. The summed E-state index contributed by atoms with van der Waals surface area (Å²) in [6.07, 6.45) is 0.897. The van der Waals surface area contributed by atoms with Crippen LogP contribution >= 0.6 is 0 Å². The number of aromatic nitrogens is 3. The second-order valence-electron chi connectivity index (χ2n) is 6.40. The second-order valence-corrected chi connectivity index (χ2v) is 6.40. The molecule has 0 aliphatic heterocycles. The van der Waals surface area contributed by atoms with E-state index >= 15 is 0 Å². The van der Waals surface area contributed by atoms with Gasteiger partial charge in [-0.2, -0.15) is 18.3 Å². The highest BCUT2D eigenvalue weighted by Gasteiger charge is 2.30. The topological polar surface area (TPSA) is 46.0 Å². The molecule has 1 atom stereocenters. The summed E-state index contributed by atoms with van der Waals surface area (Å²) in [5.41, 5.74) is 1.42. The third kappa shape index (κ3) is 3.80. The number of hydrogen-bond donors (Lipinski definition) is 1. The highest BCUT2D eigenvalue weighted by atomic mass is 19.4. The number of anilines is 1. The molecule has 5 nitrogen and oxygen atoms in total. The molecule has 1 aromatic carbocycles. The molecule has 0 spiro atoms. The number of aryl methyl sites for hydroxylation is 1. The summed E-state index contributed by atoms with van der Waals surface area (Å²) in [5.74, 6) is 0. The van der Waals surface area contributed by atoms with Crippen molar-refractivity contribution in [3.8, 4) is 0 Å². The molecule has 0 amide bonds. The fourth-order valence-corrected chi connectivity index (χ4v) is 2.90. The van der Waals surface area contributed by atoms with Gasteiger partial charge < -0.3 is 10.2 Å². The van der Waals surface area contributed by atoms with Crippen molar-refractivity contribution in [2.45, 2.75) is 12.2 Å². The Morgan fingerprint density at radius 1 is 1.23 bits per heavy atom. The molecule has 0 fully saturated rings. The Morgan fingerprint density at radius 2 is 2.00 bits per heavy atom. The van der Waals surface area contributed by atoms with E-state index < -0.39 is 11.7 Å². The Hall–Kier alpha value is -2.61. The molecule has 0 saturated heterocycles. The average Bonchev–Trinajstić information content (AvgIpc) is 2.99. The fourth-order valence-electron chi connectivity index (χ4n) is 2.90. The summed E-state index contributed by atoms with van der Waals surface area (Å²) < 4.78 is 40.4. The lowest BCUT2D eigenvalue weighted by Crippen LogP contribution is -2.26. The molecule has 8 heteroatoms. The van der Waals surface area contributed by atoms with Crippen LogP contribution in [0, 0.1) is 0 Å². The van der Waals surface area contributed by atoms with Crippen molar-refractivity contribution < 1.29 is 13.2 Å². The number of halogens is 3. The Bertz CT molecular complexity index is 901. The highest BCUT2D eigenvalue weighted by Crippen LogP contribution is 2.32. The molecule has 0 aliphatic carbocycles. The Kier molecular flexibility index (Phi) is 4.86. The van der Waals surface area contributed by atoms with Gasteiger partial charge in [0.15, 0.2) is 0 Å². The van der Waals surface area contributed by atoms with Crippen LogP contribution < -0.4 is 5.32 Å². The molecule has 2 aromatic heterocycles. The van der Waals surface area contributed by atoms with Crippen LogP contribution in [0.3, 0.4) is 0 Å². The number of nitrogens with zero attached hydrogens (tertiary/aromatic N) is 4. The predicted octanol–water partition coefficient (Wildman–Crippen LogP) is 3.70. The standard InChI is InChI=1S/C18H20F3N5/c1-25(2)17(12-9-24-26(3)11-12)10-23-15-6-7-22-16-8-13(18(19,20)21)4-5-14(15)16/h4-9,11,17H,10H2,1-3H3,(H,22,23). The van der Waals surface area contributed by atoms with E-state index in [4.69, 9.17) is 0 Å². The minimum absolute atomic E-state index is 0.0707. The van der Waals surface area contributed by atoms with Crippen LogP contribution in [0.15, 0.2) is 42.9 Å². The monoisotopic (exact) mass is 363 g/mol. The van der Waals surface area contributed by atoms with Crippen LogP contribution in [0.4, 0.5) is 18.9 Å². The van der Waals surface area contributed by atoms with Crippen molar-refractivity contribution in [1.29, 1.82) is 0 Å². The number of likely N-dealkylation sites (N-methyl/N-ethyl adjacent to an activating group) is 1. The zero-order valence-corrected chi connectivity index (χ0v) is 14.7. The van der Waals surface area contributed by atoms with Gasteiger partial charge >= 0.3 is 6.18 Å². The average molecular weight is 363 g/mol. The van der Waals surface area contributed by atoms with Crippen molar-refractivity contribution in [2.75, 3.05) is 26.0 Å². The number of fused-ring (bicyclic) bond motifs is 1. The van der Waals surface area contributed by atoms with E-state index in [1.54, 1.807) is 10.7 Å². The molecule has 26 heavy (non-hydrogen) atoms. The third-order valence-electron chi connectivity index (χ3n) is 4.29. The Morgan fingerprint density at radius 3 is 2.62 bits per heavy atom. The maximum absolute atomic E-state index is 12.9. The van der Waals surface area contributed by atoms with Gasteiger partial charge in [0.2, 0.25) is 0 Å². The van der Waals surface area contributed by atoms with Crippen LogP contribution in [0.1, 0.15) is 17.2 Å². The zero-order valence-electron chi connectivity index (χ0n) is 14.7. The molecular weight excluding hydrogens is 343 g/mol. The summed E-state index contributed by atoms with van der Waals surface area (Å²) in [5, 5.41) is 8.19. The van der Waals surface area contributed by atoms with E-state index in [-0.39, 0.29) is 6.04 Å². The maximum atomic E-state index is 12.9. The van der Waals surface area contributed by atoms with Crippen molar-refractivity contribution in [3.63, 3.8) is 0 Å². The third-order valence-corrected chi connectivity index (χ3v) is 4.29. The molecule has 3 aromatic rings. The van der Waals surface area contributed by atoms with Crippen molar-refractivity contribution in [1.82, 2.24) is 19.7 Å². The van der Waals surface area contributed by atoms with Gasteiger partial charge in [-0.3, -0.25) is 9.67 Å². The normalized spacial score (nSPS) is 13.3. The van der Waals surface area contributed by atoms with Gasteiger partial charge in [-0.15, -0.1) is 0 Å². The summed E-state index contributed by atoms with van der Waals surface area (Å²) >= 11 is 0. The molecule has 1 N–H and O–H groups in total. The van der Waals surface area contributed by atoms with Gasteiger partial charge in [0, 0.05) is 42.6 Å². The van der Waals surface area contributed by atoms with Gasteiger partial charge in [0.05, 0.1) is 23.3 Å². The van der Waals surface area contributed by atoms with Crippen LogP contribution in [-0.2, 0) is 13.2 Å². The number of alkyl halides is 3. The van der Waals surface area contributed by atoms with Gasteiger partial charge in [-0.25, -0.2) is 0 Å². The van der Waals surface area contributed by atoms with E-state index in [1.807, 2.05) is 33.5 Å². The molecular formula is C18H20F3N5. The fraction of sp³-hybridized carbons (Fsp3) is 0.333. The van der Waals surface area contributed by atoms with Gasteiger partial charge in [0.1, 0.15) is 0 Å². The Balaban J connectivity index is 1.86. The van der Waals surface area contributed by atoms with E-state index in [0.717, 1.165) is 23.4 Å². The van der Waals surface area contributed by atoms with Crippen molar-refractivity contribution in [3.05, 3.63) is 54.0 Å². The Labute approximate surface area is 149 Å². The first-order chi connectivity index (χ1) is 12.3. The quantitative estimate of drug-likeness (QED) is 0.751. The molecule has 2 heterocycles. The van der Waals surface area contributed by atoms with E-state index in [9.17, 15) is 13.2 Å². The molecule has 0 saturated carbocycles. The smallest absolute Gasteiger partial charge is 0.383 e. The second kappa shape index (κ2) is 6.95. The lowest BCUT2D eigenvalue weighted by Gasteiger charge is -2.24. The first kappa shape index (κ1) is 18.2. The molecule has 0 bridgehead atoms. The van der Waals surface area contributed by atoms with Gasteiger partial charge in [-0.05, 0) is 32.3 Å². The lowest BCUT2D eigenvalue weighted by atomic mass is 10.1. The summed E-state index contributed by atoms with van der Waals surface area (Å²) in [7, 11) is 5.80. The summed E-state index contributed by atoms with van der Waals surface area (Å²) in [6.45, 7) is 0.582.